The predicted octanol–water partition coefficient (Wildman–Crippen LogP) is 5.40. The molecule has 0 aliphatic heterocycles. The third kappa shape index (κ3) is 5.75. The lowest BCUT2D eigenvalue weighted by molar-refractivity contribution is -0.137. The van der Waals surface area contributed by atoms with Gasteiger partial charge in [0.1, 0.15) is 17.0 Å². The van der Waals surface area contributed by atoms with Gasteiger partial charge in [-0.05, 0) is 48.4 Å². The van der Waals surface area contributed by atoms with Crippen molar-refractivity contribution in [1.29, 1.82) is 0 Å². The minimum atomic E-state index is -4.52. The smallest absolute Gasteiger partial charge is 0.416 e. The Bertz CT molecular complexity index is 1370. The molecule has 0 unspecified atom stereocenters. The first-order valence-electron chi connectivity index (χ1n) is 10.4. The molecule has 0 saturated heterocycles. The van der Waals surface area contributed by atoms with Crippen LogP contribution < -0.4 is 10.6 Å². The number of rotatable bonds is 7. The Morgan fingerprint density at radius 1 is 1.06 bits per heavy atom. The highest BCUT2D eigenvalue weighted by atomic mass is 32.1. The number of methoxy groups -OCH3 is 1. The highest BCUT2D eigenvalue weighted by Crippen LogP contribution is 2.30. The van der Waals surface area contributed by atoms with Crippen LogP contribution in [0.1, 0.15) is 31.2 Å². The summed E-state index contributed by atoms with van der Waals surface area (Å²) in [7, 11) is 1.32. The number of nitrogens with zero attached hydrogens (tertiary/aromatic N) is 2. The van der Waals surface area contributed by atoms with Crippen LogP contribution in [0.15, 0.2) is 60.9 Å². The van der Waals surface area contributed by atoms with Crippen LogP contribution in [0.4, 0.5) is 24.7 Å². The zero-order chi connectivity index (χ0) is 25.0. The average Bonchev–Trinajstić information content (AvgIpc) is 3.29. The lowest BCUT2D eigenvalue weighted by Gasteiger charge is -2.10. The van der Waals surface area contributed by atoms with Crippen molar-refractivity contribution in [2.45, 2.75) is 12.6 Å². The molecule has 0 saturated carbocycles. The van der Waals surface area contributed by atoms with Gasteiger partial charge < -0.3 is 15.4 Å². The molecule has 2 aromatic heterocycles. The van der Waals surface area contributed by atoms with E-state index in [1.807, 2.05) is 12.1 Å². The van der Waals surface area contributed by atoms with Gasteiger partial charge in [-0.15, -0.1) is 11.3 Å². The number of aromatic nitrogens is 2. The Balaban J connectivity index is 1.35. The van der Waals surface area contributed by atoms with Crippen LogP contribution in [0.5, 0.6) is 0 Å². The summed E-state index contributed by atoms with van der Waals surface area (Å²) in [6.45, 7) is 0.549. The van der Waals surface area contributed by atoms with E-state index < -0.39 is 23.6 Å². The van der Waals surface area contributed by atoms with E-state index in [-0.39, 0.29) is 5.56 Å². The van der Waals surface area contributed by atoms with Crippen LogP contribution in [0.25, 0.3) is 10.2 Å². The maximum atomic E-state index is 12.9. The van der Waals surface area contributed by atoms with E-state index in [2.05, 4.69) is 20.6 Å². The molecule has 0 radical (unpaired) electrons. The fourth-order valence-electron chi connectivity index (χ4n) is 3.30. The molecular weight excluding hydrogens is 481 g/mol. The fraction of sp³-hybridized carbons (Fsp3) is 0.167. The summed E-state index contributed by atoms with van der Waals surface area (Å²) in [6.07, 6.45) is -2.46. The van der Waals surface area contributed by atoms with E-state index in [1.165, 1.54) is 36.9 Å². The van der Waals surface area contributed by atoms with Crippen LogP contribution in [0.2, 0.25) is 0 Å². The van der Waals surface area contributed by atoms with E-state index in [9.17, 15) is 22.8 Å². The van der Waals surface area contributed by atoms with Gasteiger partial charge in [0.25, 0.3) is 5.91 Å². The Hall–Kier alpha value is -3.99. The number of esters is 1. The fourth-order valence-corrected chi connectivity index (χ4v) is 4.30. The van der Waals surface area contributed by atoms with Gasteiger partial charge in [-0.25, -0.2) is 14.8 Å². The molecule has 35 heavy (non-hydrogen) atoms. The third-order valence-corrected chi connectivity index (χ3v) is 6.18. The summed E-state index contributed by atoms with van der Waals surface area (Å²) in [6, 6.07) is 12.9. The van der Waals surface area contributed by atoms with Gasteiger partial charge in [-0.1, -0.05) is 18.2 Å². The third-order valence-electron chi connectivity index (χ3n) is 5.07. The first-order chi connectivity index (χ1) is 16.7. The molecule has 0 aliphatic carbocycles. The standard InChI is InChI=1S/C24H19F3N4O3S/c1-34-23(33)19-12-18-20(35-19)21(30-13-29-18)28-10-9-14-5-7-17(8-6-14)31-22(32)15-3-2-4-16(11-15)24(25,26)27/h2-8,11-13H,9-10H2,1H3,(H,31,32)(H,28,29,30). The zero-order valence-corrected chi connectivity index (χ0v) is 19.2. The number of alkyl halides is 3. The summed E-state index contributed by atoms with van der Waals surface area (Å²) < 4.78 is 44.1. The normalized spacial score (nSPS) is 11.3. The predicted molar refractivity (Wildman–Crippen MR) is 127 cm³/mol. The molecule has 0 fully saturated rings. The van der Waals surface area contributed by atoms with Gasteiger partial charge in [-0.2, -0.15) is 13.2 Å². The summed E-state index contributed by atoms with van der Waals surface area (Å²) in [5.41, 5.74) is 1.14. The number of benzene rings is 2. The molecular formula is C24H19F3N4O3S. The molecule has 4 aromatic rings. The molecule has 11 heteroatoms. The Labute approximate surface area is 202 Å². The molecule has 7 nitrogen and oxygen atoms in total. The second-order valence-corrected chi connectivity index (χ2v) is 8.50. The SMILES string of the molecule is COC(=O)c1cc2ncnc(NCCc3ccc(NC(=O)c4cccc(C(F)(F)F)c4)cc3)c2s1. The Kier molecular flexibility index (Phi) is 6.97. The molecule has 2 heterocycles. The van der Waals surface area contributed by atoms with Gasteiger partial charge in [0, 0.05) is 17.8 Å². The van der Waals surface area contributed by atoms with Crippen molar-refractivity contribution in [3.8, 4) is 0 Å². The van der Waals surface area contributed by atoms with Crippen molar-refractivity contribution in [1.82, 2.24) is 9.97 Å². The largest absolute Gasteiger partial charge is 0.465 e. The van der Waals surface area contributed by atoms with Crippen LogP contribution in [0, 0.1) is 0 Å². The average molecular weight is 501 g/mol. The molecule has 0 bridgehead atoms. The number of fused-ring (bicyclic) bond motifs is 1. The van der Waals surface area contributed by atoms with Crippen molar-refractivity contribution in [2.24, 2.45) is 0 Å². The number of nitrogens with one attached hydrogen (secondary N) is 2. The molecule has 4 rings (SSSR count). The topological polar surface area (TPSA) is 93.2 Å². The Morgan fingerprint density at radius 2 is 1.83 bits per heavy atom. The number of thiophene rings is 1. The van der Waals surface area contributed by atoms with Gasteiger partial charge in [-0.3, -0.25) is 4.79 Å². The second-order valence-electron chi connectivity index (χ2n) is 7.45. The van der Waals surface area contributed by atoms with Crippen molar-refractivity contribution >= 4 is 44.9 Å². The van der Waals surface area contributed by atoms with E-state index in [1.54, 1.807) is 18.2 Å². The number of anilines is 2. The maximum absolute atomic E-state index is 12.9. The first kappa shape index (κ1) is 24.1. The first-order valence-corrected chi connectivity index (χ1v) is 11.2. The second kappa shape index (κ2) is 10.1. The number of ether oxygens (including phenoxy) is 1. The Morgan fingerprint density at radius 3 is 2.54 bits per heavy atom. The minimum absolute atomic E-state index is 0.0757. The number of halogens is 3. The molecule has 0 spiro atoms. The van der Waals surface area contributed by atoms with Crippen LogP contribution in [0.3, 0.4) is 0 Å². The number of hydrogen-bond donors (Lipinski definition) is 2. The van der Waals surface area contributed by atoms with Crippen LogP contribution in [-0.2, 0) is 17.3 Å². The molecule has 2 N–H and O–H groups in total. The van der Waals surface area contributed by atoms with E-state index in [0.717, 1.165) is 22.4 Å². The number of carbonyl (C=O) groups excluding carboxylic acids is 2. The highest BCUT2D eigenvalue weighted by molar-refractivity contribution is 7.21. The van der Waals surface area contributed by atoms with Crippen molar-refractivity contribution < 1.29 is 27.5 Å². The quantitative estimate of drug-likeness (QED) is 0.330. The zero-order valence-electron chi connectivity index (χ0n) is 18.3. The highest BCUT2D eigenvalue weighted by Gasteiger charge is 2.30. The monoisotopic (exact) mass is 500 g/mol. The van der Waals surface area contributed by atoms with Crippen molar-refractivity contribution in [3.63, 3.8) is 0 Å². The maximum Gasteiger partial charge on any atom is 0.416 e. The summed E-state index contributed by atoms with van der Waals surface area (Å²) in [5, 5.41) is 5.84. The lowest BCUT2D eigenvalue weighted by Crippen LogP contribution is -2.14. The number of carbonyl (C=O) groups is 2. The lowest BCUT2D eigenvalue weighted by atomic mass is 10.1. The molecule has 0 aliphatic rings. The summed E-state index contributed by atoms with van der Waals surface area (Å²) in [4.78, 5) is 33.0. The molecule has 1 amide bonds. The summed E-state index contributed by atoms with van der Waals surface area (Å²) in [5.74, 6) is -0.445. The van der Waals surface area contributed by atoms with Crippen molar-refractivity contribution in [2.75, 3.05) is 24.3 Å². The number of hydrogen-bond acceptors (Lipinski definition) is 7. The van der Waals surface area contributed by atoms with Gasteiger partial charge in [0.15, 0.2) is 0 Å². The molecule has 0 atom stereocenters. The van der Waals surface area contributed by atoms with Crippen LogP contribution in [-0.4, -0.2) is 35.5 Å². The molecule has 2 aromatic carbocycles. The summed E-state index contributed by atoms with van der Waals surface area (Å²) >= 11 is 1.25. The number of amides is 1. The van der Waals surface area contributed by atoms with Crippen LogP contribution >= 0.6 is 11.3 Å². The molecule has 180 valence electrons. The van der Waals surface area contributed by atoms with Gasteiger partial charge in [0.05, 0.1) is 22.9 Å². The van der Waals surface area contributed by atoms with E-state index in [4.69, 9.17) is 4.74 Å². The van der Waals surface area contributed by atoms with E-state index in [0.29, 0.717) is 34.9 Å². The van der Waals surface area contributed by atoms with E-state index >= 15 is 0 Å². The van der Waals surface area contributed by atoms with Gasteiger partial charge >= 0.3 is 12.1 Å². The van der Waals surface area contributed by atoms with Crippen molar-refractivity contribution in [3.05, 3.63) is 82.5 Å². The minimum Gasteiger partial charge on any atom is -0.465 e. The van der Waals surface area contributed by atoms with Gasteiger partial charge in [0.2, 0.25) is 0 Å².